The van der Waals surface area contributed by atoms with Crippen molar-refractivity contribution in [3.8, 4) is 0 Å². The van der Waals surface area contributed by atoms with Gasteiger partial charge in [0.1, 0.15) is 0 Å². The van der Waals surface area contributed by atoms with Gasteiger partial charge in [-0.25, -0.2) is 0 Å². The molecule has 0 aliphatic rings. The molecule has 0 saturated carbocycles. The summed E-state index contributed by atoms with van der Waals surface area (Å²) in [6.45, 7) is 1.06. The summed E-state index contributed by atoms with van der Waals surface area (Å²) < 4.78 is 195. The Morgan fingerprint density at radius 3 is 0.840 bits per heavy atom. The van der Waals surface area contributed by atoms with E-state index in [2.05, 4.69) is 6.92 Å². The van der Waals surface area contributed by atoms with Crippen molar-refractivity contribution < 1.29 is 60.7 Å². The van der Waals surface area contributed by atoms with E-state index in [4.69, 9.17) is 0 Å². The Labute approximate surface area is 294 Å². The number of hydrogen-bond donors (Lipinski definition) is 0. The van der Waals surface area contributed by atoms with Crippen LogP contribution in [0.1, 0.15) is 156 Å². The van der Waals surface area contributed by atoms with E-state index in [1.165, 1.54) is 40.0 Å². The van der Waals surface area contributed by atoms with Crippen molar-refractivity contribution in [2.45, 2.75) is 179 Å². The first kappa shape index (κ1) is 49.6. The number of halogens is 10. The molecule has 0 rings (SSSR count). The summed E-state index contributed by atoms with van der Waals surface area (Å²) in [4.78, 5) is 0. The van der Waals surface area contributed by atoms with Crippen LogP contribution >= 0.6 is 6.75 Å². The second-order valence-electron chi connectivity index (χ2n) is 13.7. The van der Waals surface area contributed by atoms with Gasteiger partial charge in [0, 0.05) is 0 Å². The van der Waals surface area contributed by atoms with Crippen molar-refractivity contribution in [3.05, 3.63) is 0 Å². The molecule has 5 nitrogen and oxygen atoms in total. The molecule has 0 aromatic carbocycles. The first-order valence-electron chi connectivity index (χ1n) is 18.1. The van der Waals surface area contributed by atoms with Gasteiger partial charge in [-0.05, 0) is 0 Å². The van der Waals surface area contributed by atoms with Crippen LogP contribution in [0.4, 0.5) is 43.9 Å². The number of unbranched alkanes of at least 4 members (excludes halogenated alkanes) is 16. The van der Waals surface area contributed by atoms with Gasteiger partial charge >= 0.3 is 268 Å². The zero-order chi connectivity index (χ0) is 39.0. The van der Waals surface area contributed by atoms with E-state index >= 15 is 17.6 Å². The summed E-state index contributed by atoms with van der Waals surface area (Å²) in [7, 11) is -15.5. The Morgan fingerprint density at radius 2 is 0.600 bits per heavy atom. The fourth-order valence-electron chi connectivity index (χ4n) is 6.63. The number of alkyl halides is 10. The predicted octanol–water partition coefficient (Wildman–Crippen LogP) is 12.6. The Balaban J connectivity index is 6.96. The van der Waals surface area contributed by atoms with Gasteiger partial charge in [-0.1, -0.05) is 26.2 Å². The molecular formula is C32H60F10NO4PS2. The van der Waals surface area contributed by atoms with Crippen molar-refractivity contribution in [2.24, 2.45) is 0 Å². The third-order valence-electron chi connectivity index (χ3n) is 9.53. The van der Waals surface area contributed by atoms with Crippen LogP contribution in [-0.4, -0.2) is 67.8 Å². The van der Waals surface area contributed by atoms with Gasteiger partial charge in [-0.2, -0.15) is 0 Å². The molecule has 0 aliphatic carbocycles. The Kier molecular flexibility index (Phi) is 20.7. The third-order valence-corrected chi connectivity index (χ3v) is 24.1. The molecule has 0 aliphatic heterocycles. The SMILES string of the molecule is CCCCCCCCCCCCCCCCP(CCCC)(CCCC)(CCCC)N(S(=O)(=O)C(F)(F)C(F)(F)F)S(=O)(=O)C(F)(F)C(F)(F)F. The van der Waals surface area contributed by atoms with Gasteiger partial charge in [0.25, 0.3) is 0 Å². The molecule has 0 fully saturated rings. The molecule has 0 N–H and O–H groups in total. The molecule has 304 valence electrons. The van der Waals surface area contributed by atoms with Crippen molar-refractivity contribution in [3.63, 3.8) is 0 Å². The number of nitrogens with zero attached hydrogens (tertiary/aromatic N) is 1. The minimum absolute atomic E-state index is 0.105. The first-order valence-corrected chi connectivity index (χ1v) is 23.9. The standard InChI is InChI=1S/C32H60F10NO4PS2/c1-5-9-13-14-15-16-17-18-19-20-21-22-23-24-28-48(25-10-6-2,26-11-7-3,27-12-8-4)43(49(44,45)31(39,40)29(33,34)35)50(46,47)32(41,42)30(36,37)38/h5-28H2,1-4H3. The van der Waals surface area contributed by atoms with Crippen LogP contribution in [0.25, 0.3) is 0 Å². The molecular weight excluding hydrogens is 747 g/mol. The fourth-order valence-corrected chi connectivity index (χ4v) is 23.1. The van der Waals surface area contributed by atoms with E-state index in [0.29, 0.717) is 12.8 Å². The molecule has 0 atom stereocenters. The van der Waals surface area contributed by atoms with E-state index in [-0.39, 0.29) is 51.4 Å². The van der Waals surface area contributed by atoms with Gasteiger partial charge in [0.2, 0.25) is 0 Å². The second-order valence-corrected chi connectivity index (χ2v) is 24.1. The molecule has 0 bridgehead atoms. The number of rotatable bonds is 29. The van der Waals surface area contributed by atoms with E-state index in [9.17, 15) is 43.2 Å². The second kappa shape index (κ2) is 20.9. The van der Waals surface area contributed by atoms with Crippen LogP contribution in [0, 0.1) is 0 Å². The van der Waals surface area contributed by atoms with Crippen LogP contribution in [-0.2, 0) is 20.0 Å². The normalized spacial score (nSPS) is 15.1. The quantitative estimate of drug-likeness (QED) is 0.0429. The average molecular weight is 808 g/mol. The van der Waals surface area contributed by atoms with E-state index in [1.807, 2.05) is 0 Å². The number of sulfonamides is 2. The fraction of sp³-hybridized carbons (Fsp3) is 1.00. The van der Waals surface area contributed by atoms with E-state index in [1.54, 1.807) is 0 Å². The van der Waals surface area contributed by atoms with Crippen LogP contribution in [0.5, 0.6) is 0 Å². The Morgan fingerprint density at radius 1 is 0.380 bits per heavy atom. The van der Waals surface area contributed by atoms with Crippen molar-refractivity contribution >= 4 is 26.8 Å². The number of hydrogen-bond acceptors (Lipinski definition) is 4. The van der Waals surface area contributed by atoms with Gasteiger partial charge in [0.05, 0.1) is 0 Å². The van der Waals surface area contributed by atoms with Gasteiger partial charge in [0.15, 0.2) is 0 Å². The third kappa shape index (κ3) is 12.3. The Hall–Kier alpha value is -0.410. The molecule has 0 unspecified atom stereocenters. The van der Waals surface area contributed by atoms with Crippen LogP contribution < -0.4 is 0 Å². The molecule has 0 heterocycles. The van der Waals surface area contributed by atoms with Gasteiger partial charge in [-0.15, -0.1) is 0 Å². The van der Waals surface area contributed by atoms with Gasteiger partial charge in [-0.3, -0.25) is 0 Å². The molecule has 0 aromatic heterocycles. The zero-order valence-corrected chi connectivity index (χ0v) is 32.6. The predicted molar refractivity (Wildman–Crippen MR) is 183 cm³/mol. The molecule has 50 heavy (non-hydrogen) atoms. The average Bonchev–Trinajstić information content (AvgIpc) is 3.00. The van der Waals surface area contributed by atoms with Crippen LogP contribution in [0.3, 0.4) is 0 Å². The molecule has 0 amide bonds. The summed E-state index contributed by atoms with van der Waals surface area (Å²) in [5, 5.41) is -14.0. The molecule has 0 saturated heterocycles. The summed E-state index contributed by atoms with van der Waals surface area (Å²) >= 11 is 0. The molecule has 0 radical (unpaired) electrons. The van der Waals surface area contributed by atoms with Gasteiger partial charge < -0.3 is 0 Å². The van der Waals surface area contributed by atoms with Crippen molar-refractivity contribution in [1.29, 1.82) is 0 Å². The first-order chi connectivity index (χ1) is 22.9. The maximum atomic E-state index is 15.0. The monoisotopic (exact) mass is 807 g/mol. The molecule has 0 spiro atoms. The van der Waals surface area contributed by atoms with E-state index in [0.717, 1.165) is 44.9 Å². The topological polar surface area (TPSA) is 71.5 Å². The van der Waals surface area contributed by atoms with Crippen molar-refractivity contribution in [1.82, 2.24) is 3.48 Å². The van der Waals surface area contributed by atoms with Crippen molar-refractivity contribution in [2.75, 3.05) is 24.6 Å². The summed E-state index contributed by atoms with van der Waals surface area (Å²) in [6, 6.07) is 0. The van der Waals surface area contributed by atoms with Crippen LogP contribution in [0.15, 0.2) is 0 Å². The summed E-state index contributed by atoms with van der Waals surface area (Å²) in [6.07, 6.45) is -5.00. The molecule has 18 heteroatoms. The molecule has 0 aromatic rings. The zero-order valence-electron chi connectivity index (χ0n) is 30.1. The Bertz CT molecular complexity index is 1100. The minimum atomic E-state index is -7.77. The summed E-state index contributed by atoms with van der Waals surface area (Å²) in [5.41, 5.74) is 0. The van der Waals surface area contributed by atoms with Crippen LogP contribution in [0.2, 0.25) is 0 Å². The van der Waals surface area contributed by atoms with E-state index < -0.39 is 77.8 Å². The maximum absolute atomic E-state index is 15.0. The summed E-state index contributed by atoms with van der Waals surface area (Å²) in [5.74, 6) is 0.